The zero-order chi connectivity index (χ0) is 26.8. The Labute approximate surface area is 178 Å². The van der Waals surface area contributed by atoms with Crippen LogP contribution in [-0.2, 0) is 29.2 Å². The molecule has 0 aromatic carbocycles. The quantitative estimate of drug-likeness (QED) is 0.115. The Hall–Kier alpha value is -2.15. The molecule has 0 fully saturated rings. The smallest absolute Gasteiger partial charge is 0.412 e. The topological polar surface area (TPSA) is 110 Å². The number of hydrogen-bond donors (Lipinski definition) is 1. The molecule has 33 heavy (non-hydrogen) atoms. The molecule has 0 saturated heterocycles. The van der Waals surface area contributed by atoms with Gasteiger partial charge in [-0.2, -0.15) is 52.3 Å². The van der Waals surface area contributed by atoms with E-state index in [1.807, 2.05) is 0 Å². The number of halogens is 10. The SMILES string of the molecule is C=C(C(=O)OC(OCCCC(F)(F)C(F)(F)S(=O)(=O)O)(C(=O)N(C)C)C(F)(F)F)C(F)(F)F. The van der Waals surface area contributed by atoms with Crippen LogP contribution in [0.4, 0.5) is 43.9 Å². The lowest BCUT2D eigenvalue weighted by Crippen LogP contribution is -2.61. The molecule has 0 bridgehead atoms. The summed E-state index contributed by atoms with van der Waals surface area (Å²) in [5, 5.41) is -6.07. The van der Waals surface area contributed by atoms with Gasteiger partial charge in [-0.25, -0.2) is 4.79 Å². The normalized spacial score (nSPS) is 15.5. The molecule has 0 radical (unpaired) electrons. The molecule has 1 atom stereocenters. The molecular formula is C14H15F10NO7S. The van der Waals surface area contributed by atoms with Gasteiger partial charge in [0.1, 0.15) is 5.57 Å². The highest BCUT2D eigenvalue weighted by Gasteiger charge is 2.68. The standard InChI is InChI=1S/C14H15F10NO7S/c1-7(12(17,18)19)8(26)32-11(13(20,21)22,9(27)25(2)3)31-6-4-5-10(15,16)14(23,24)33(28,29)30/h1,4-6H2,2-3H3,(H,28,29,30). The summed E-state index contributed by atoms with van der Waals surface area (Å²) in [5.41, 5.74) is -2.51. The molecule has 1 N–H and O–H groups in total. The van der Waals surface area contributed by atoms with Crippen LogP contribution in [0.15, 0.2) is 12.2 Å². The Balaban J connectivity index is 5.95. The van der Waals surface area contributed by atoms with E-state index in [0.717, 1.165) is 0 Å². The molecular weight excluding hydrogens is 516 g/mol. The van der Waals surface area contributed by atoms with Gasteiger partial charge >= 0.3 is 51.3 Å². The summed E-state index contributed by atoms with van der Waals surface area (Å²) >= 11 is 0. The lowest BCUT2D eigenvalue weighted by molar-refractivity contribution is -0.351. The van der Waals surface area contributed by atoms with Gasteiger partial charge in [-0.15, -0.1) is 0 Å². The third-order valence-corrected chi connectivity index (χ3v) is 4.52. The molecule has 1 amide bonds. The number of alkyl halides is 10. The van der Waals surface area contributed by atoms with E-state index in [1.54, 1.807) is 0 Å². The highest BCUT2D eigenvalue weighted by atomic mass is 32.2. The summed E-state index contributed by atoms with van der Waals surface area (Å²) in [6.45, 7) is 0.375. The fourth-order valence-corrected chi connectivity index (χ4v) is 2.32. The number of rotatable bonds is 10. The third-order valence-electron chi connectivity index (χ3n) is 3.58. The van der Waals surface area contributed by atoms with Crippen molar-refractivity contribution in [2.45, 2.75) is 42.2 Å². The van der Waals surface area contributed by atoms with E-state index in [2.05, 4.69) is 16.1 Å². The molecule has 0 saturated carbocycles. The van der Waals surface area contributed by atoms with Gasteiger partial charge in [0.15, 0.2) is 0 Å². The number of ether oxygens (including phenoxy) is 2. The predicted octanol–water partition coefficient (Wildman–Crippen LogP) is 2.91. The van der Waals surface area contributed by atoms with E-state index in [9.17, 15) is 61.9 Å². The molecule has 0 aromatic heterocycles. The van der Waals surface area contributed by atoms with E-state index >= 15 is 0 Å². The van der Waals surface area contributed by atoms with Gasteiger partial charge in [-0.05, 0) is 6.42 Å². The average Bonchev–Trinajstić information content (AvgIpc) is 2.59. The van der Waals surface area contributed by atoms with Crippen molar-refractivity contribution in [1.29, 1.82) is 0 Å². The van der Waals surface area contributed by atoms with Crippen molar-refractivity contribution in [3.05, 3.63) is 12.2 Å². The van der Waals surface area contributed by atoms with E-state index in [4.69, 9.17) is 4.55 Å². The van der Waals surface area contributed by atoms with Crippen molar-refractivity contribution in [3.8, 4) is 0 Å². The average molecular weight is 531 g/mol. The van der Waals surface area contributed by atoms with Crippen LogP contribution in [0.5, 0.6) is 0 Å². The second-order valence-electron chi connectivity index (χ2n) is 6.33. The Morgan fingerprint density at radius 2 is 1.42 bits per heavy atom. The first-order valence-corrected chi connectivity index (χ1v) is 9.43. The highest BCUT2D eigenvalue weighted by molar-refractivity contribution is 7.87. The van der Waals surface area contributed by atoms with Crippen LogP contribution in [0.2, 0.25) is 0 Å². The van der Waals surface area contributed by atoms with Crippen molar-refractivity contribution in [3.63, 3.8) is 0 Å². The van der Waals surface area contributed by atoms with Crippen LogP contribution < -0.4 is 0 Å². The molecule has 0 rings (SSSR count). The Morgan fingerprint density at radius 3 is 1.76 bits per heavy atom. The molecule has 0 aromatic rings. The predicted molar refractivity (Wildman–Crippen MR) is 85.4 cm³/mol. The van der Waals surface area contributed by atoms with E-state index < -0.39 is 76.3 Å². The molecule has 1 unspecified atom stereocenters. The summed E-state index contributed by atoms with van der Waals surface area (Å²) in [4.78, 5) is 23.6. The summed E-state index contributed by atoms with van der Waals surface area (Å²) in [6, 6.07) is 0. The lowest BCUT2D eigenvalue weighted by atomic mass is 10.2. The molecule has 0 heterocycles. The third kappa shape index (κ3) is 6.69. The number of amides is 1. The van der Waals surface area contributed by atoms with E-state index in [1.165, 1.54) is 0 Å². The maximum absolute atomic E-state index is 13.6. The Bertz CT molecular complexity index is 867. The van der Waals surface area contributed by atoms with Gasteiger partial charge in [-0.3, -0.25) is 9.35 Å². The number of nitrogens with zero attached hydrogens (tertiary/aromatic N) is 1. The first-order valence-electron chi connectivity index (χ1n) is 7.99. The fourth-order valence-electron chi connectivity index (χ4n) is 1.84. The van der Waals surface area contributed by atoms with Gasteiger partial charge in [-0.1, -0.05) is 6.58 Å². The molecule has 0 aliphatic rings. The second kappa shape index (κ2) is 9.61. The van der Waals surface area contributed by atoms with Crippen LogP contribution in [0, 0.1) is 0 Å². The maximum Gasteiger partial charge on any atom is 0.466 e. The molecule has 19 heteroatoms. The fraction of sp³-hybridized carbons (Fsp3) is 0.714. The van der Waals surface area contributed by atoms with Crippen molar-refractivity contribution in [2.75, 3.05) is 20.7 Å². The monoisotopic (exact) mass is 531 g/mol. The molecule has 0 aliphatic heterocycles. The zero-order valence-electron chi connectivity index (χ0n) is 16.4. The number of hydrogen-bond acceptors (Lipinski definition) is 6. The van der Waals surface area contributed by atoms with Crippen molar-refractivity contribution < 1.29 is 75.9 Å². The minimum atomic E-state index is -6.66. The molecule has 0 spiro atoms. The minimum absolute atomic E-state index is 0.0399. The van der Waals surface area contributed by atoms with Gasteiger partial charge < -0.3 is 14.4 Å². The van der Waals surface area contributed by atoms with Crippen LogP contribution in [0.25, 0.3) is 0 Å². The van der Waals surface area contributed by atoms with Crippen LogP contribution in [-0.4, -0.2) is 79.8 Å². The highest BCUT2D eigenvalue weighted by Crippen LogP contribution is 2.42. The van der Waals surface area contributed by atoms with E-state index in [-0.39, 0.29) is 4.90 Å². The van der Waals surface area contributed by atoms with Crippen molar-refractivity contribution in [1.82, 2.24) is 4.90 Å². The minimum Gasteiger partial charge on any atom is -0.412 e. The number of carbonyl (C=O) groups is 2. The first kappa shape index (κ1) is 30.9. The van der Waals surface area contributed by atoms with Crippen LogP contribution >= 0.6 is 0 Å². The second-order valence-corrected chi connectivity index (χ2v) is 7.79. The summed E-state index contributed by atoms with van der Waals surface area (Å²) in [5.74, 6) is -15.6. The molecule has 194 valence electrons. The number of likely N-dealkylation sites (N-methyl/N-ethyl adjacent to an activating group) is 1. The Kier molecular flexibility index (Phi) is 8.98. The summed E-state index contributed by atoms with van der Waals surface area (Å²) < 4.78 is 168. The largest absolute Gasteiger partial charge is 0.466 e. The van der Waals surface area contributed by atoms with Crippen molar-refractivity contribution in [2.24, 2.45) is 0 Å². The van der Waals surface area contributed by atoms with Crippen LogP contribution in [0.1, 0.15) is 12.8 Å². The van der Waals surface area contributed by atoms with Crippen LogP contribution in [0.3, 0.4) is 0 Å². The molecule has 0 aliphatic carbocycles. The Morgan fingerprint density at radius 1 is 0.970 bits per heavy atom. The van der Waals surface area contributed by atoms with Crippen molar-refractivity contribution >= 4 is 22.0 Å². The van der Waals surface area contributed by atoms with Gasteiger partial charge in [0, 0.05) is 20.5 Å². The zero-order valence-corrected chi connectivity index (χ0v) is 17.2. The van der Waals surface area contributed by atoms with E-state index in [0.29, 0.717) is 14.1 Å². The molecule has 8 nitrogen and oxygen atoms in total. The van der Waals surface area contributed by atoms with Gasteiger partial charge in [0.25, 0.3) is 0 Å². The van der Waals surface area contributed by atoms with Gasteiger partial charge in [0.05, 0.1) is 6.61 Å². The summed E-state index contributed by atoms with van der Waals surface area (Å²) in [6.07, 6.45) is -15.6. The maximum atomic E-state index is 13.6. The lowest BCUT2D eigenvalue weighted by Gasteiger charge is -2.35. The number of esters is 1. The number of carbonyl (C=O) groups excluding carboxylic acids is 2. The first-order chi connectivity index (χ1) is 14.3. The summed E-state index contributed by atoms with van der Waals surface area (Å²) in [7, 11) is -5.44. The van der Waals surface area contributed by atoms with Gasteiger partial charge in [0.2, 0.25) is 0 Å².